The van der Waals surface area contributed by atoms with Gasteiger partial charge in [0.1, 0.15) is 12.7 Å². The van der Waals surface area contributed by atoms with E-state index in [0.717, 1.165) is 6.07 Å². The van der Waals surface area contributed by atoms with Crippen LogP contribution < -0.4 is 0 Å². The van der Waals surface area contributed by atoms with Gasteiger partial charge in [0.2, 0.25) is 5.91 Å². The van der Waals surface area contributed by atoms with E-state index in [9.17, 15) is 18.0 Å². The quantitative estimate of drug-likeness (QED) is 0.849. The van der Waals surface area contributed by atoms with Crippen LogP contribution in [0.3, 0.4) is 0 Å². The van der Waals surface area contributed by atoms with Gasteiger partial charge in [-0.3, -0.25) is 14.2 Å². The van der Waals surface area contributed by atoms with Gasteiger partial charge in [0, 0.05) is 25.7 Å². The van der Waals surface area contributed by atoms with Crippen molar-refractivity contribution in [1.82, 2.24) is 29.4 Å². The molecule has 1 amide bonds. The van der Waals surface area contributed by atoms with Gasteiger partial charge in [-0.1, -0.05) is 0 Å². The highest BCUT2D eigenvalue weighted by atomic mass is 19.4. The topological polar surface area (TPSA) is 68.8 Å². The largest absolute Gasteiger partial charge is 0.435 e. The Balaban J connectivity index is 1.50. The highest BCUT2D eigenvalue weighted by molar-refractivity contribution is 5.76. The first-order chi connectivity index (χ1) is 11.4. The van der Waals surface area contributed by atoms with Crippen LogP contribution in [0.1, 0.15) is 31.0 Å². The molecule has 2 aromatic heterocycles. The number of aromatic nitrogens is 5. The van der Waals surface area contributed by atoms with Crippen molar-refractivity contribution >= 4 is 5.91 Å². The third kappa shape index (κ3) is 3.74. The Bertz CT molecular complexity index is 673. The first kappa shape index (κ1) is 16.5. The molecule has 1 saturated heterocycles. The van der Waals surface area contributed by atoms with E-state index in [0.29, 0.717) is 38.9 Å². The average Bonchev–Trinajstić information content (AvgIpc) is 3.23. The lowest BCUT2D eigenvalue weighted by Crippen LogP contribution is -2.39. The van der Waals surface area contributed by atoms with E-state index in [4.69, 9.17) is 0 Å². The predicted molar refractivity (Wildman–Crippen MR) is 76.7 cm³/mol. The summed E-state index contributed by atoms with van der Waals surface area (Å²) in [5.74, 6) is 0.0143. The fraction of sp³-hybridized carbons (Fsp3) is 0.571. The van der Waals surface area contributed by atoms with Crippen molar-refractivity contribution in [2.75, 3.05) is 13.1 Å². The molecule has 0 atom stereocenters. The maximum absolute atomic E-state index is 12.6. The highest BCUT2D eigenvalue weighted by Gasteiger charge is 2.34. The minimum absolute atomic E-state index is 0.0143. The molecule has 0 saturated carbocycles. The Morgan fingerprint density at radius 3 is 2.62 bits per heavy atom. The smallest absolute Gasteiger partial charge is 0.342 e. The number of piperidine rings is 1. The van der Waals surface area contributed by atoms with Gasteiger partial charge < -0.3 is 4.90 Å². The molecular formula is C14H17F3N6O. The molecule has 130 valence electrons. The maximum atomic E-state index is 12.6. The van der Waals surface area contributed by atoms with Crippen molar-refractivity contribution in [3.63, 3.8) is 0 Å². The van der Waals surface area contributed by atoms with Crippen molar-refractivity contribution in [3.05, 3.63) is 30.6 Å². The van der Waals surface area contributed by atoms with Gasteiger partial charge in [0.05, 0.1) is 12.6 Å². The number of hydrogen-bond acceptors (Lipinski definition) is 4. The lowest BCUT2D eigenvalue weighted by atomic mass is 10.1. The third-order valence-corrected chi connectivity index (χ3v) is 4.11. The minimum atomic E-state index is -4.43. The summed E-state index contributed by atoms with van der Waals surface area (Å²) >= 11 is 0. The summed E-state index contributed by atoms with van der Waals surface area (Å²) in [5, 5.41) is 7.55. The van der Waals surface area contributed by atoms with Crippen molar-refractivity contribution in [1.29, 1.82) is 0 Å². The molecule has 24 heavy (non-hydrogen) atoms. The van der Waals surface area contributed by atoms with E-state index in [1.54, 1.807) is 15.9 Å². The molecular weight excluding hydrogens is 325 g/mol. The molecule has 0 spiro atoms. The number of alkyl halides is 3. The zero-order valence-corrected chi connectivity index (χ0v) is 12.9. The van der Waals surface area contributed by atoms with E-state index in [-0.39, 0.29) is 11.9 Å². The molecule has 0 aromatic carbocycles. The van der Waals surface area contributed by atoms with E-state index in [1.165, 1.54) is 17.2 Å². The van der Waals surface area contributed by atoms with E-state index in [1.807, 2.05) is 0 Å². The van der Waals surface area contributed by atoms with Crippen LogP contribution in [-0.2, 0) is 17.5 Å². The van der Waals surface area contributed by atoms with Gasteiger partial charge in [0.15, 0.2) is 5.69 Å². The summed E-state index contributed by atoms with van der Waals surface area (Å²) in [7, 11) is 0. The molecule has 3 heterocycles. The predicted octanol–water partition coefficient (Wildman–Crippen LogP) is 1.75. The lowest BCUT2D eigenvalue weighted by Gasteiger charge is -2.32. The van der Waals surface area contributed by atoms with Crippen LogP contribution in [0.15, 0.2) is 24.9 Å². The number of rotatable bonds is 4. The molecule has 1 fully saturated rings. The van der Waals surface area contributed by atoms with E-state index >= 15 is 0 Å². The molecule has 1 aliphatic rings. The van der Waals surface area contributed by atoms with Gasteiger partial charge in [-0.15, -0.1) is 0 Å². The van der Waals surface area contributed by atoms with Crippen LogP contribution in [0.2, 0.25) is 0 Å². The van der Waals surface area contributed by atoms with Crippen LogP contribution in [0, 0.1) is 0 Å². The molecule has 7 nitrogen and oxygen atoms in total. The summed E-state index contributed by atoms with van der Waals surface area (Å²) in [5.41, 5.74) is -0.881. The average molecular weight is 342 g/mol. The molecule has 10 heteroatoms. The van der Waals surface area contributed by atoms with Crippen LogP contribution in [0.4, 0.5) is 13.2 Å². The second kappa shape index (κ2) is 6.62. The molecule has 1 aliphatic heterocycles. The maximum Gasteiger partial charge on any atom is 0.435 e. The Kier molecular flexibility index (Phi) is 4.54. The number of nitrogens with zero attached hydrogens (tertiary/aromatic N) is 6. The van der Waals surface area contributed by atoms with Crippen molar-refractivity contribution in [2.24, 2.45) is 0 Å². The molecule has 0 radical (unpaired) electrons. The van der Waals surface area contributed by atoms with Crippen LogP contribution >= 0.6 is 0 Å². The molecule has 0 unspecified atom stereocenters. The Morgan fingerprint density at radius 1 is 1.29 bits per heavy atom. The Hall–Kier alpha value is -2.39. The first-order valence-corrected chi connectivity index (χ1v) is 7.66. The zero-order chi connectivity index (χ0) is 17.2. The number of hydrogen-bond donors (Lipinski definition) is 0. The van der Waals surface area contributed by atoms with E-state index in [2.05, 4.69) is 15.2 Å². The Morgan fingerprint density at radius 2 is 2.04 bits per heavy atom. The molecule has 0 bridgehead atoms. The summed E-state index contributed by atoms with van der Waals surface area (Å²) in [4.78, 5) is 17.7. The summed E-state index contributed by atoms with van der Waals surface area (Å²) in [6.07, 6.45) is 1.40. The summed E-state index contributed by atoms with van der Waals surface area (Å²) < 4.78 is 40.7. The fourth-order valence-electron chi connectivity index (χ4n) is 2.79. The third-order valence-electron chi connectivity index (χ3n) is 4.11. The van der Waals surface area contributed by atoms with Gasteiger partial charge in [-0.2, -0.15) is 23.4 Å². The van der Waals surface area contributed by atoms with Gasteiger partial charge in [-0.25, -0.2) is 4.98 Å². The van der Waals surface area contributed by atoms with E-state index < -0.39 is 11.9 Å². The number of carbonyl (C=O) groups is 1. The second-order valence-corrected chi connectivity index (χ2v) is 5.70. The summed E-state index contributed by atoms with van der Waals surface area (Å²) in [6.45, 7) is 1.50. The molecule has 2 aromatic rings. The number of carbonyl (C=O) groups excluding carboxylic acids is 1. The molecule has 0 aliphatic carbocycles. The van der Waals surface area contributed by atoms with Gasteiger partial charge in [0.25, 0.3) is 0 Å². The molecule has 3 rings (SSSR count). The van der Waals surface area contributed by atoms with Gasteiger partial charge in [-0.05, 0) is 18.9 Å². The number of aryl methyl sites for hydroxylation is 1. The summed E-state index contributed by atoms with van der Waals surface area (Å²) in [6, 6.07) is 0.871. The fourth-order valence-corrected chi connectivity index (χ4v) is 2.79. The van der Waals surface area contributed by atoms with Crippen molar-refractivity contribution in [2.45, 2.75) is 38.0 Å². The van der Waals surface area contributed by atoms with Crippen molar-refractivity contribution < 1.29 is 18.0 Å². The van der Waals surface area contributed by atoms with Crippen LogP contribution in [-0.4, -0.2) is 48.4 Å². The number of likely N-dealkylation sites (tertiary alicyclic amines) is 1. The number of halogens is 3. The van der Waals surface area contributed by atoms with Crippen LogP contribution in [0.5, 0.6) is 0 Å². The standard InChI is InChI=1S/C14H17F3N6O/c15-14(16,17)12-3-8-23(20-12)11-1-5-21(6-2-11)13(24)4-7-22-10-18-9-19-22/h3,8-11H,1-2,4-7H2. The van der Waals surface area contributed by atoms with Crippen LogP contribution in [0.25, 0.3) is 0 Å². The number of amides is 1. The normalized spacial score (nSPS) is 16.5. The monoisotopic (exact) mass is 342 g/mol. The minimum Gasteiger partial charge on any atom is -0.342 e. The zero-order valence-electron chi connectivity index (χ0n) is 12.9. The highest BCUT2D eigenvalue weighted by Crippen LogP contribution is 2.29. The first-order valence-electron chi connectivity index (χ1n) is 7.66. The van der Waals surface area contributed by atoms with Crippen molar-refractivity contribution in [3.8, 4) is 0 Å². The SMILES string of the molecule is O=C(CCn1cncn1)N1CCC(n2ccc(C(F)(F)F)n2)CC1. The Labute approximate surface area is 136 Å². The second-order valence-electron chi connectivity index (χ2n) is 5.70. The van der Waals surface area contributed by atoms with Gasteiger partial charge >= 0.3 is 6.18 Å². The molecule has 0 N–H and O–H groups in total. The lowest BCUT2D eigenvalue weighted by molar-refractivity contribution is -0.141.